The zero-order valence-electron chi connectivity index (χ0n) is 12.2. The van der Waals surface area contributed by atoms with E-state index in [0.717, 1.165) is 24.4 Å². The summed E-state index contributed by atoms with van der Waals surface area (Å²) in [6, 6.07) is 0. The number of hydrogen-bond donors (Lipinski definition) is 2. The van der Waals surface area contributed by atoms with Crippen molar-refractivity contribution in [1.29, 1.82) is 0 Å². The number of carbonyl (C=O) groups is 1. The van der Waals surface area contributed by atoms with Crippen LogP contribution in [-0.4, -0.2) is 36.9 Å². The lowest BCUT2D eigenvalue weighted by molar-refractivity contribution is -0.123. The number of rotatable bonds is 8. The van der Waals surface area contributed by atoms with Crippen molar-refractivity contribution in [2.24, 2.45) is 23.7 Å². The molecule has 0 unspecified atom stereocenters. The second-order valence-electron chi connectivity index (χ2n) is 7.08. The van der Waals surface area contributed by atoms with Crippen LogP contribution in [-0.2, 0) is 9.53 Å². The molecule has 114 valence electrons. The van der Waals surface area contributed by atoms with Crippen LogP contribution in [0.3, 0.4) is 0 Å². The maximum atomic E-state index is 11.9. The third-order valence-electron chi connectivity index (χ3n) is 5.23. The molecule has 0 saturated heterocycles. The van der Waals surface area contributed by atoms with Crippen molar-refractivity contribution in [2.75, 3.05) is 19.8 Å². The fraction of sp³-hybridized carbons (Fsp3) is 0.938. The Morgan fingerprint density at radius 3 is 2.75 bits per heavy atom. The summed E-state index contributed by atoms with van der Waals surface area (Å²) in [5.41, 5.74) is 0. The highest BCUT2D eigenvalue weighted by atomic mass is 16.5. The average Bonchev–Trinajstić information content (AvgIpc) is 3.01. The molecule has 0 spiro atoms. The predicted octanol–water partition coefficient (Wildman–Crippen LogP) is 1.72. The molecule has 0 heterocycles. The monoisotopic (exact) mass is 281 g/mol. The summed E-state index contributed by atoms with van der Waals surface area (Å²) in [5.74, 6) is 3.09. The van der Waals surface area contributed by atoms with Crippen LogP contribution < -0.4 is 5.32 Å². The molecule has 4 atom stereocenters. The van der Waals surface area contributed by atoms with E-state index in [1.54, 1.807) is 0 Å². The molecular formula is C16H27NO3. The summed E-state index contributed by atoms with van der Waals surface area (Å²) >= 11 is 0. The molecule has 3 aliphatic rings. The minimum Gasteiger partial charge on any atom is -0.389 e. The van der Waals surface area contributed by atoms with Crippen molar-refractivity contribution in [2.45, 2.75) is 51.0 Å². The van der Waals surface area contributed by atoms with Crippen LogP contribution in [0.1, 0.15) is 44.9 Å². The molecule has 3 fully saturated rings. The number of nitrogens with one attached hydrogen (secondary N) is 1. The van der Waals surface area contributed by atoms with Crippen LogP contribution in [0.15, 0.2) is 0 Å². The minimum atomic E-state index is -0.572. The van der Waals surface area contributed by atoms with Crippen molar-refractivity contribution in [3.63, 3.8) is 0 Å². The average molecular weight is 281 g/mol. The smallest absolute Gasteiger partial charge is 0.220 e. The highest BCUT2D eigenvalue weighted by Crippen LogP contribution is 2.49. The van der Waals surface area contributed by atoms with E-state index in [1.165, 1.54) is 38.5 Å². The van der Waals surface area contributed by atoms with Crippen molar-refractivity contribution < 1.29 is 14.6 Å². The van der Waals surface area contributed by atoms with E-state index >= 15 is 0 Å². The second kappa shape index (κ2) is 6.44. The lowest BCUT2D eigenvalue weighted by Gasteiger charge is -2.21. The van der Waals surface area contributed by atoms with Gasteiger partial charge in [0.2, 0.25) is 5.91 Å². The van der Waals surface area contributed by atoms with Crippen LogP contribution in [0, 0.1) is 23.7 Å². The highest BCUT2D eigenvalue weighted by Gasteiger charge is 2.40. The predicted molar refractivity (Wildman–Crippen MR) is 76.1 cm³/mol. The molecule has 2 bridgehead atoms. The fourth-order valence-corrected chi connectivity index (χ4v) is 3.88. The first-order valence-electron chi connectivity index (χ1n) is 8.23. The van der Waals surface area contributed by atoms with Crippen LogP contribution in [0.5, 0.6) is 0 Å². The molecule has 3 saturated carbocycles. The Bertz CT molecular complexity index is 343. The first kappa shape index (κ1) is 14.3. The third-order valence-corrected chi connectivity index (χ3v) is 5.23. The maximum absolute atomic E-state index is 11.9. The lowest BCUT2D eigenvalue weighted by atomic mass is 9.86. The Morgan fingerprint density at radius 2 is 2.10 bits per heavy atom. The van der Waals surface area contributed by atoms with Crippen molar-refractivity contribution in [3.8, 4) is 0 Å². The molecule has 1 amide bonds. The van der Waals surface area contributed by atoms with E-state index in [1.807, 2.05) is 0 Å². The number of aliphatic hydroxyl groups excluding tert-OH is 1. The Balaban J connectivity index is 1.26. The largest absolute Gasteiger partial charge is 0.389 e. The van der Waals surface area contributed by atoms with Gasteiger partial charge in [-0.1, -0.05) is 6.42 Å². The quantitative estimate of drug-likeness (QED) is 0.712. The van der Waals surface area contributed by atoms with E-state index in [2.05, 4.69) is 5.32 Å². The number of amides is 1. The van der Waals surface area contributed by atoms with Gasteiger partial charge in [-0.3, -0.25) is 4.79 Å². The van der Waals surface area contributed by atoms with Gasteiger partial charge in [-0.05, 0) is 55.8 Å². The summed E-state index contributed by atoms with van der Waals surface area (Å²) in [6.07, 6.45) is 7.88. The molecular weight excluding hydrogens is 254 g/mol. The van der Waals surface area contributed by atoms with Crippen molar-refractivity contribution in [1.82, 2.24) is 5.32 Å². The molecule has 3 rings (SSSR count). The summed E-state index contributed by atoms with van der Waals surface area (Å²) in [6.45, 7) is 1.42. The van der Waals surface area contributed by atoms with E-state index in [0.29, 0.717) is 25.5 Å². The Morgan fingerprint density at radius 1 is 1.25 bits per heavy atom. The summed E-state index contributed by atoms with van der Waals surface area (Å²) < 4.78 is 5.42. The van der Waals surface area contributed by atoms with Gasteiger partial charge in [0, 0.05) is 19.6 Å². The standard InChI is InChI=1S/C16H27NO3/c18-15(10-20-9-11-1-2-11)8-17-16(19)7-14-6-12-3-4-13(14)5-12/h11-15,18H,1-10H2,(H,17,19)/t12-,13-,14-,15-/m0/s1. The Kier molecular flexibility index (Phi) is 4.61. The van der Waals surface area contributed by atoms with E-state index < -0.39 is 6.10 Å². The Labute approximate surface area is 121 Å². The molecule has 2 N–H and O–H groups in total. The van der Waals surface area contributed by atoms with Crippen LogP contribution in [0.25, 0.3) is 0 Å². The molecule has 0 aromatic rings. The van der Waals surface area contributed by atoms with Crippen LogP contribution in [0.4, 0.5) is 0 Å². The van der Waals surface area contributed by atoms with Gasteiger partial charge in [0.05, 0.1) is 12.7 Å². The van der Waals surface area contributed by atoms with Crippen molar-refractivity contribution >= 4 is 5.91 Å². The van der Waals surface area contributed by atoms with Gasteiger partial charge >= 0.3 is 0 Å². The number of hydrogen-bond acceptors (Lipinski definition) is 3. The van der Waals surface area contributed by atoms with Gasteiger partial charge in [-0.25, -0.2) is 0 Å². The van der Waals surface area contributed by atoms with Gasteiger partial charge < -0.3 is 15.2 Å². The van der Waals surface area contributed by atoms with Gasteiger partial charge in [0.25, 0.3) is 0 Å². The zero-order valence-corrected chi connectivity index (χ0v) is 12.2. The molecule has 0 aromatic carbocycles. The van der Waals surface area contributed by atoms with Crippen LogP contribution in [0.2, 0.25) is 0 Å². The van der Waals surface area contributed by atoms with E-state index in [4.69, 9.17) is 4.74 Å². The topological polar surface area (TPSA) is 58.6 Å². The molecule has 4 heteroatoms. The summed E-state index contributed by atoms with van der Waals surface area (Å²) in [7, 11) is 0. The lowest BCUT2D eigenvalue weighted by Crippen LogP contribution is -2.36. The van der Waals surface area contributed by atoms with Gasteiger partial charge in [-0.2, -0.15) is 0 Å². The molecule has 4 nitrogen and oxygen atoms in total. The second-order valence-corrected chi connectivity index (χ2v) is 7.08. The normalized spacial score (nSPS) is 33.4. The number of ether oxygens (including phenoxy) is 1. The number of fused-ring (bicyclic) bond motifs is 2. The molecule has 20 heavy (non-hydrogen) atoms. The first-order valence-corrected chi connectivity index (χ1v) is 8.23. The van der Waals surface area contributed by atoms with E-state index in [9.17, 15) is 9.90 Å². The third kappa shape index (κ3) is 3.95. The molecule has 3 aliphatic carbocycles. The molecule has 0 aliphatic heterocycles. The SMILES string of the molecule is O=C(C[C@@H]1C[C@H]2CC[C@H]1C2)NC[C@H](O)COCC1CC1. The van der Waals surface area contributed by atoms with Gasteiger partial charge in [0.1, 0.15) is 0 Å². The van der Waals surface area contributed by atoms with Crippen molar-refractivity contribution in [3.05, 3.63) is 0 Å². The molecule has 0 radical (unpaired) electrons. The number of carbonyl (C=O) groups excluding carboxylic acids is 1. The highest BCUT2D eigenvalue weighted by molar-refractivity contribution is 5.76. The van der Waals surface area contributed by atoms with Gasteiger partial charge in [-0.15, -0.1) is 0 Å². The zero-order chi connectivity index (χ0) is 13.9. The first-order chi connectivity index (χ1) is 9.70. The fourth-order valence-electron chi connectivity index (χ4n) is 3.88. The maximum Gasteiger partial charge on any atom is 0.220 e. The van der Waals surface area contributed by atoms with Crippen LogP contribution >= 0.6 is 0 Å². The molecule has 0 aromatic heterocycles. The van der Waals surface area contributed by atoms with E-state index in [-0.39, 0.29) is 5.91 Å². The number of aliphatic hydroxyl groups is 1. The Hall–Kier alpha value is -0.610. The summed E-state index contributed by atoms with van der Waals surface area (Å²) in [5, 5.41) is 12.6. The minimum absolute atomic E-state index is 0.101. The van der Waals surface area contributed by atoms with Gasteiger partial charge in [0.15, 0.2) is 0 Å². The summed E-state index contributed by atoms with van der Waals surface area (Å²) in [4.78, 5) is 11.9.